The van der Waals surface area contributed by atoms with Gasteiger partial charge in [-0.2, -0.15) is 0 Å². The van der Waals surface area contributed by atoms with Crippen molar-refractivity contribution in [3.63, 3.8) is 0 Å². The van der Waals surface area contributed by atoms with E-state index in [9.17, 15) is 9.90 Å². The number of rotatable bonds is 18. The number of aryl methyl sites for hydroxylation is 1. The molecule has 8 nitrogen and oxygen atoms in total. The van der Waals surface area contributed by atoms with Crippen molar-refractivity contribution in [3.8, 4) is 5.75 Å². The Morgan fingerprint density at radius 3 is 2.29 bits per heavy atom. The lowest BCUT2D eigenvalue weighted by molar-refractivity contribution is -0.123. The smallest absolute Gasteiger partial charge is 0.231 e. The SMILES string of the molecule is CCCCCCCCCc1ccc(OC2(C(C)NC(C)NC(C)NC(O)CC)CNC(=O)C(C)C=N2)cc1. The van der Waals surface area contributed by atoms with E-state index in [1.807, 2.05) is 46.8 Å². The third-order valence-corrected chi connectivity index (χ3v) is 7.24. The van der Waals surface area contributed by atoms with Gasteiger partial charge < -0.3 is 15.2 Å². The van der Waals surface area contributed by atoms with E-state index in [0.717, 1.165) is 12.2 Å². The third-order valence-electron chi connectivity index (χ3n) is 7.24. The van der Waals surface area contributed by atoms with Crippen molar-refractivity contribution >= 4 is 12.1 Å². The molecule has 0 aliphatic carbocycles. The largest absolute Gasteiger partial charge is 0.463 e. The van der Waals surface area contributed by atoms with E-state index < -0.39 is 12.0 Å². The van der Waals surface area contributed by atoms with Crippen LogP contribution in [0.25, 0.3) is 0 Å². The lowest BCUT2D eigenvalue weighted by Crippen LogP contribution is -2.62. The molecule has 1 aromatic rings. The van der Waals surface area contributed by atoms with Crippen LogP contribution in [0.3, 0.4) is 0 Å². The number of amides is 1. The monoisotopic (exact) mass is 531 g/mol. The molecule has 1 amide bonds. The zero-order valence-electron chi connectivity index (χ0n) is 24.6. The predicted molar refractivity (Wildman–Crippen MR) is 156 cm³/mol. The molecule has 6 unspecified atom stereocenters. The minimum Gasteiger partial charge on any atom is -0.463 e. The number of hydrogen-bond acceptors (Lipinski definition) is 7. The maximum Gasteiger partial charge on any atom is 0.231 e. The summed E-state index contributed by atoms with van der Waals surface area (Å²) in [4.78, 5) is 17.2. The first kappa shape index (κ1) is 32.2. The molecule has 1 aliphatic rings. The first-order valence-electron chi connectivity index (χ1n) is 14.8. The Balaban J connectivity index is 2.02. The lowest BCUT2D eigenvalue weighted by Gasteiger charge is -2.38. The quantitative estimate of drug-likeness (QED) is 0.141. The molecule has 0 fully saturated rings. The Hall–Kier alpha value is -2.00. The first-order chi connectivity index (χ1) is 18.2. The van der Waals surface area contributed by atoms with Crippen molar-refractivity contribution in [3.05, 3.63) is 29.8 Å². The van der Waals surface area contributed by atoms with Gasteiger partial charge >= 0.3 is 0 Å². The highest BCUT2D eigenvalue weighted by Crippen LogP contribution is 2.26. The molecular formula is C30H53N5O3. The Morgan fingerprint density at radius 2 is 1.63 bits per heavy atom. The predicted octanol–water partition coefficient (Wildman–Crippen LogP) is 4.47. The maximum atomic E-state index is 12.4. The van der Waals surface area contributed by atoms with Gasteiger partial charge in [-0.05, 0) is 64.7 Å². The van der Waals surface area contributed by atoms with Crippen LogP contribution < -0.4 is 26.0 Å². The summed E-state index contributed by atoms with van der Waals surface area (Å²) >= 11 is 0. The molecule has 8 heteroatoms. The summed E-state index contributed by atoms with van der Waals surface area (Å²) in [5.74, 6) is 0.339. The summed E-state index contributed by atoms with van der Waals surface area (Å²) in [6.45, 7) is 12.3. The van der Waals surface area contributed by atoms with Crippen molar-refractivity contribution in [2.45, 2.75) is 130 Å². The molecular weight excluding hydrogens is 478 g/mol. The molecule has 0 aromatic heterocycles. The standard InChI is InChI=1S/C30H53N5O3/c1-7-9-10-11-12-13-14-15-26-16-18-27(19-17-26)38-30(21-31-29(37)22(3)20-32-30)23(4)33-24(5)34-25(6)35-28(36)8-2/h16-20,22-25,28,33-36H,7-15,21H2,1-6H3,(H,31,37). The highest BCUT2D eigenvalue weighted by Gasteiger charge is 2.41. The maximum absolute atomic E-state index is 12.4. The number of carbonyl (C=O) groups is 1. The highest BCUT2D eigenvalue weighted by atomic mass is 16.5. The summed E-state index contributed by atoms with van der Waals surface area (Å²) in [6, 6.07) is 8.06. The fourth-order valence-corrected chi connectivity index (χ4v) is 4.74. The Kier molecular flexibility index (Phi) is 14.3. The summed E-state index contributed by atoms with van der Waals surface area (Å²) in [5.41, 5.74) is 0.307. The summed E-state index contributed by atoms with van der Waals surface area (Å²) in [7, 11) is 0. The van der Waals surface area contributed by atoms with Gasteiger partial charge in [-0.25, -0.2) is 4.99 Å². The molecule has 0 saturated carbocycles. The minimum atomic E-state index is -1.00. The van der Waals surface area contributed by atoms with Crippen LogP contribution in [0.1, 0.15) is 98.5 Å². The van der Waals surface area contributed by atoms with Gasteiger partial charge in [-0.1, -0.05) is 64.5 Å². The zero-order valence-corrected chi connectivity index (χ0v) is 24.6. The second-order valence-electron chi connectivity index (χ2n) is 10.8. The van der Waals surface area contributed by atoms with E-state index in [1.165, 1.54) is 50.5 Å². The number of nitrogens with one attached hydrogen (secondary N) is 4. The van der Waals surface area contributed by atoms with Gasteiger partial charge in [0.2, 0.25) is 11.6 Å². The number of aliphatic hydroxyl groups is 1. The molecule has 1 aromatic carbocycles. The van der Waals surface area contributed by atoms with Crippen LogP contribution in [-0.4, -0.2) is 54.1 Å². The second-order valence-corrected chi connectivity index (χ2v) is 10.8. The van der Waals surface area contributed by atoms with Crippen molar-refractivity contribution in [2.75, 3.05) is 6.54 Å². The summed E-state index contributed by atoms with van der Waals surface area (Å²) in [5, 5.41) is 22.9. The molecule has 0 radical (unpaired) electrons. The van der Waals surface area contributed by atoms with Crippen LogP contribution in [0.15, 0.2) is 29.3 Å². The molecule has 5 N–H and O–H groups in total. The fraction of sp³-hybridized carbons (Fsp3) is 0.733. The van der Waals surface area contributed by atoms with Gasteiger partial charge in [0.1, 0.15) is 12.0 Å². The van der Waals surface area contributed by atoms with Gasteiger partial charge in [-0.3, -0.25) is 20.7 Å². The molecule has 216 valence electrons. The Bertz CT molecular complexity index is 834. The van der Waals surface area contributed by atoms with Crippen LogP contribution in [0.4, 0.5) is 0 Å². The lowest BCUT2D eigenvalue weighted by atomic mass is 10.0. The second kappa shape index (κ2) is 16.9. The molecule has 2 rings (SSSR count). The van der Waals surface area contributed by atoms with Gasteiger partial charge in [0.05, 0.1) is 30.8 Å². The third kappa shape index (κ3) is 11.0. The van der Waals surface area contributed by atoms with Crippen LogP contribution in [-0.2, 0) is 11.2 Å². The van der Waals surface area contributed by atoms with Crippen LogP contribution in [0.5, 0.6) is 5.75 Å². The average Bonchev–Trinajstić information content (AvgIpc) is 3.03. The van der Waals surface area contributed by atoms with Gasteiger partial charge in [0.15, 0.2) is 0 Å². The van der Waals surface area contributed by atoms with Crippen LogP contribution in [0.2, 0.25) is 0 Å². The van der Waals surface area contributed by atoms with E-state index in [0.29, 0.717) is 6.42 Å². The van der Waals surface area contributed by atoms with E-state index >= 15 is 0 Å². The highest BCUT2D eigenvalue weighted by molar-refractivity contribution is 5.93. The van der Waals surface area contributed by atoms with E-state index in [-0.39, 0.29) is 36.7 Å². The fourth-order valence-electron chi connectivity index (χ4n) is 4.74. The zero-order chi connectivity index (χ0) is 28.0. The number of hydrogen-bond donors (Lipinski definition) is 5. The first-order valence-corrected chi connectivity index (χ1v) is 14.8. The normalized spacial score (nSPS) is 22.8. The molecule has 1 aliphatic heterocycles. The molecule has 0 saturated heterocycles. The number of aliphatic hydroxyl groups excluding tert-OH is 1. The van der Waals surface area contributed by atoms with Crippen molar-refractivity contribution in [1.82, 2.24) is 21.3 Å². The molecule has 0 spiro atoms. The summed E-state index contributed by atoms with van der Waals surface area (Å²) < 4.78 is 6.55. The van der Waals surface area contributed by atoms with Gasteiger partial charge in [-0.15, -0.1) is 0 Å². The summed E-state index contributed by atoms with van der Waals surface area (Å²) in [6.07, 6.45) is 11.8. The topological polar surface area (TPSA) is 107 Å². The van der Waals surface area contributed by atoms with Crippen molar-refractivity contribution < 1.29 is 14.6 Å². The minimum absolute atomic E-state index is 0.0611. The number of unbranched alkanes of at least 4 members (excludes halogenated alkanes) is 6. The van der Waals surface area contributed by atoms with Crippen molar-refractivity contribution in [2.24, 2.45) is 10.9 Å². The number of ether oxygens (including phenoxy) is 1. The Morgan fingerprint density at radius 1 is 1.00 bits per heavy atom. The van der Waals surface area contributed by atoms with E-state index in [4.69, 9.17) is 9.73 Å². The van der Waals surface area contributed by atoms with Crippen molar-refractivity contribution in [1.29, 1.82) is 0 Å². The molecule has 38 heavy (non-hydrogen) atoms. The van der Waals surface area contributed by atoms with Crippen LogP contribution in [0, 0.1) is 5.92 Å². The van der Waals surface area contributed by atoms with E-state index in [1.54, 1.807) is 6.21 Å². The van der Waals surface area contributed by atoms with Crippen LogP contribution >= 0.6 is 0 Å². The van der Waals surface area contributed by atoms with Gasteiger partial charge in [0, 0.05) is 6.21 Å². The number of nitrogens with zero attached hydrogens (tertiary/aromatic N) is 1. The molecule has 1 heterocycles. The number of aliphatic imine (C=N–C) groups is 1. The molecule has 6 atom stereocenters. The molecule has 0 bridgehead atoms. The number of benzene rings is 1. The Labute approximate surface area is 230 Å². The number of carbonyl (C=O) groups excluding carboxylic acids is 1. The van der Waals surface area contributed by atoms with Gasteiger partial charge in [0.25, 0.3) is 0 Å². The van der Waals surface area contributed by atoms with E-state index in [2.05, 4.69) is 40.3 Å². The average molecular weight is 532 g/mol.